The van der Waals surface area contributed by atoms with Crippen molar-refractivity contribution in [3.8, 4) is 0 Å². The molecule has 52 valence electrons. The van der Waals surface area contributed by atoms with E-state index in [1.54, 1.807) is 0 Å². The van der Waals surface area contributed by atoms with Crippen LogP contribution in [0.1, 0.15) is 0 Å². The zero-order valence-electron chi connectivity index (χ0n) is 4.70. The Morgan fingerprint density at radius 3 is 1.89 bits per heavy atom. The fourth-order valence-electron chi connectivity index (χ4n) is 0.228. The van der Waals surface area contributed by atoms with Crippen molar-refractivity contribution in [1.29, 1.82) is 0 Å². The SMILES string of the molecule is O=COCNCOC=O. The Balaban J connectivity index is 2.74. The van der Waals surface area contributed by atoms with Gasteiger partial charge in [-0.25, -0.2) is 0 Å². The van der Waals surface area contributed by atoms with Crippen LogP contribution in [0.15, 0.2) is 0 Å². The number of hydrogen-bond donors (Lipinski definition) is 1. The van der Waals surface area contributed by atoms with Gasteiger partial charge in [-0.15, -0.1) is 0 Å². The van der Waals surface area contributed by atoms with Crippen LogP contribution >= 0.6 is 0 Å². The minimum absolute atomic E-state index is 0.0529. The Morgan fingerprint density at radius 1 is 1.11 bits per heavy atom. The van der Waals surface area contributed by atoms with Gasteiger partial charge in [-0.1, -0.05) is 0 Å². The third-order valence-corrected chi connectivity index (χ3v) is 0.507. The van der Waals surface area contributed by atoms with Crippen molar-refractivity contribution in [3.63, 3.8) is 0 Å². The molecule has 0 aromatic heterocycles. The highest BCUT2D eigenvalue weighted by atomic mass is 16.5. The first-order valence-electron chi connectivity index (χ1n) is 2.23. The average molecular weight is 133 g/mol. The molecule has 0 saturated heterocycles. The van der Waals surface area contributed by atoms with Crippen LogP contribution in [-0.2, 0) is 19.1 Å². The van der Waals surface area contributed by atoms with E-state index < -0.39 is 0 Å². The minimum Gasteiger partial charge on any atom is -0.452 e. The Labute approximate surface area is 51.9 Å². The molecule has 0 unspecified atom stereocenters. The molecule has 0 heterocycles. The summed E-state index contributed by atoms with van der Waals surface area (Å²) in [7, 11) is 0. The molecular formula is C4H7NO4. The first-order chi connectivity index (χ1) is 4.41. The van der Waals surface area contributed by atoms with Crippen LogP contribution in [0.4, 0.5) is 0 Å². The highest BCUT2D eigenvalue weighted by Gasteiger charge is 1.81. The van der Waals surface area contributed by atoms with Crippen LogP contribution in [0.25, 0.3) is 0 Å². The quantitative estimate of drug-likeness (QED) is 0.281. The van der Waals surface area contributed by atoms with Crippen molar-refractivity contribution in [1.82, 2.24) is 5.32 Å². The predicted molar refractivity (Wildman–Crippen MR) is 27.2 cm³/mol. The monoisotopic (exact) mass is 133 g/mol. The molecule has 1 N–H and O–H groups in total. The zero-order valence-corrected chi connectivity index (χ0v) is 4.70. The molecule has 0 aliphatic heterocycles. The van der Waals surface area contributed by atoms with E-state index in [0.717, 1.165) is 0 Å². The molecule has 0 spiro atoms. The van der Waals surface area contributed by atoms with Gasteiger partial charge >= 0.3 is 0 Å². The van der Waals surface area contributed by atoms with Crippen molar-refractivity contribution in [2.45, 2.75) is 0 Å². The minimum atomic E-state index is 0.0529. The fraction of sp³-hybridized carbons (Fsp3) is 0.500. The number of carbonyl (C=O) groups is 2. The lowest BCUT2D eigenvalue weighted by Crippen LogP contribution is -2.20. The zero-order chi connectivity index (χ0) is 6.95. The summed E-state index contributed by atoms with van der Waals surface area (Å²) < 4.78 is 8.38. The Bertz CT molecular complexity index is 74.6. The molecule has 0 radical (unpaired) electrons. The maximum Gasteiger partial charge on any atom is 0.294 e. The van der Waals surface area contributed by atoms with Crippen molar-refractivity contribution >= 4 is 12.9 Å². The lowest BCUT2D eigenvalue weighted by molar-refractivity contribution is -0.132. The van der Waals surface area contributed by atoms with E-state index in [4.69, 9.17) is 0 Å². The van der Waals surface area contributed by atoms with Crippen molar-refractivity contribution < 1.29 is 19.1 Å². The van der Waals surface area contributed by atoms with Crippen molar-refractivity contribution in [3.05, 3.63) is 0 Å². The molecule has 0 atom stereocenters. The van der Waals surface area contributed by atoms with Gasteiger partial charge in [0.05, 0.1) is 0 Å². The molecule has 0 saturated carbocycles. The third kappa shape index (κ3) is 6.90. The molecule has 0 aromatic rings. The van der Waals surface area contributed by atoms with E-state index in [2.05, 4.69) is 14.8 Å². The fourth-order valence-corrected chi connectivity index (χ4v) is 0.228. The third-order valence-electron chi connectivity index (χ3n) is 0.507. The molecule has 0 aliphatic rings. The van der Waals surface area contributed by atoms with Crippen molar-refractivity contribution in [2.24, 2.45) is 0 Å². The van der Waals surface area contributed by atoms with Crippen LogP contribution in [0.3, 0.4) is 0 Å². The Kier molecular flexibility index (Phi) is 6.06. The molecule has 5 heteroatoms. The molecule has 0 amide bonds. The number of ether oxygens (including phenoxy) is 2. The summed E-state index contributed by atoms with van der Waals surface area (Å²) in [5, 5.41) is 2.48. The lowest BCUT2D eigenvalue weighted by atomic mass is 11.1. The molecule has 5 nitrogen and oxygen atoms in total. The van der Waals surface area contributed by atoms with E-state index >= 15 is 0 Å². The number of carbonyl (C=O) groups excluding carboxylic acids is 2. The second-order valence-electron chi connectivity index (χ2n) is 1.06. The first-order valence-corrected chi connectivity index (χ1v) is 2.23. The summed E-state index contributed by atoms with van der Waals surface area (Å²) in [5.41, 5.74) is 0. The van der Waals surface area contributed by atoms with Crippen LogP contribution in [0.2, 0.25) is 0 Å². The highest BCUT2D eigenvalue weighted by molar-refractivity contribution is 5.37. The van der Waals surface area contributed by atoms with Gasteiger partial charge in [-0.05, 0) is 0 Å². The van der Waals surface area contributed by atoms with Gasteiger partial charge in [0, 0.05) is 0 Å². The molecule has 0 aromatic carbocycles. The molecular weight excluding hydrogens is 126 g/mol. The number of nitrogens with one attached hydrogen (secondary N) is 1. The van der Waals surface area contributed by atoms with Crippen LogP contribution in [0.5, 0.6) is 0 Å². The topological polar surface area (TPSA) is 64.6 Å². The molecule has 9 heavy (non-hydrogen) atoms. The first kappa shape index (κ1) is 7.90. The average Bonchev–Trinajstić information content (AvgIpc) is 1.89. The van der Waals surface area contributed by atoms with Gasteiger partial charge in [-0.2, -0.15) is 0 Å². The summed E-state index contributed by atoms with van der Waals surface area (Å²) in [4.78, 5) is 18.9. The summed E-state index contributed by atoms with van der Waals surface area (Å²) >= 11 is 0. The van der Waals surface area contributed by atoms with Gasteiger partial charge < -0.3 is 9.47 Å². The van der Waals surface area contributed by atoms with Crippen LogP contribution < -0.4 is 5.32 Å². The van der Waals surface area contributed by atoms with Gasteiger partial charge in [0.25, 0.3) is 12.9 Å². The maximum absolute atomic E-state index is 9.46. The smallest absolute Gasteiger partial charge is 0.294 e. The van der Waals surface area contributed by atoms with Gasteiger partial charge in [-0.3, -0.25) is 14.9 Å². The molecule has 0 bridgehead atoms. The van der Waals surface area contributed by atoms with E-state index in [0.29, 0.717) is 12.9 Å². The van der Waals surface area contributed by atoms with E-state index in [9.17, 15) is 9.59 Å². The maximum atomic E-state index is 9.46. The molecule has 0 aliphatic carbocycles. The molecule has 0 fully saturated rings. The van der Waals surface area contributed by atoms with Gasteiger partial charge in [0.1, 0.15) is 13.5 Å². The summed E-state index contributed by atoms with van der Waals surface area (Å²) in [6, 6.07) is 0. The van der Waals surface area contributed by atoms with E-state index in [-0.39, 0.29) is 13.5 Å². The van der Waals surface area contributed by atoms with Gasteiger partial charge in [0.15, 0.2) is 0 Å². The Morgan fingerprint density at radius 2 is 1.56 bits per heavy atom. The summed E-state index contributed by atoms with van der Waals surface area (Å²) in [6.07, 6.45) is 0. The summed E-state index contributed by atoms with van der Waals surface area (Å²) in [5.74, 6) is 0. The van der Waals surface area contributed by atoms with Crippen LogP contribution in [0, 0.1) is 0 Å². The van der Waals surface area contributed by atoms with Crippen LogP contribution in [-0.4, -0.2) is 26.4 Å². The molecule has 0 rings (SSSR count). The number of hydrogen-bond acceptors (Lipinski definition) is 5. The van der Waals surface area contributed by atoms with Crippen molar-refractivity contribution in [2.75, 3.05) is 13.5 Å². The Hall–Kier alpha value is -1.10. The van der Waals surface area contributed by atoms with E-state index in [1.165, 1.54) is 0 Å². The number of rotatable bonds is 6. The summed E-state index contributed by atoms with van der Waals surface area (Å²) in [6.45, 7) is 0.705. The predicted octanol–water partition coefficient (Wildman–Crippen LogP) is -1.16. The van der Waals surface area contributed by atoms with E-state index in [1.807, 2.05) is 0 Å². The highest BCUT2D eigenvalue weighted by Crippen LogP contribution is 1.61. The lowest BCUT2D eigenvalue weighted by Gasteiger charge is -1.98. The standard InChI is InChI=1S/C4H7NO4/c6-3-8-1-5-2-9-4-7/h3-5H,1-2H2. The second-order valence-corrected chi connectivity index (χ2v) is 1.06. The largest absolute Gasteiger partial charge is 0.452 e. The normalized spacial score (nSPS) is 8.00. The van der Waals surface area contributed by atoms with Gasteiger partial charge in [0.2, 0.25) is 0 Å². The second kappa shape index (κ2) is 6.90.